The zero-order valence-electron chi connectivity index (χ0n) is 11.9. The molecule has 7 nitrogen and oxygen atoms in total. The molecule has 0 saturated heterocycles. The summed E-state index contributed by atoms with van der Waals surface area (Å²) < 4.78 is 32.0. The van der Waals surface area contributed by atoms with Gasteiger partial charge in [0, 0.05) is 33.4 Å². The van der Waals surface area contributed by atoms with Crippen LogP contribution >= 0.6 is 0 Å². The molecule has 0 spiro atoms. The third-order valence-corrected chi connectivity index (χ3v) is 4.70. The minimum Gasteiger partial charge on any atom is -0.477 e. The van der Waals surface area contributed by atoms with Crippen LogP contribution in [0.2, 0.25) is 0 Å². The lowest BCUT2D eigenvalue weighted by atomic mass is 10.4. The predicted octanol–water partition coefficient (Wildman–Crippen LogP) is 0.863. The summed E-state index contributed by atoms with van der Waals surface area (Å²) in [6.45, 7) is 2.83. The van der Waals surface area contributed by atoms with Gasteiger partial charge in [-0.3, -0.25) is 0 Å². The van der Waals surface area contributed by atoms with Crippen LogP contribution in [0.1, 0.15) is 23.8 Å². The van der Waals surface area contributed by atoms with E-state index in [1.54, 1.807) is 0 Å². The fraction of sp³-hybridized carbons (Fsp3) is 0.583. The molecule has 0 bridgehead atoms. The highest BCUT2D eigenvalue weighted by molar-refractivity contribution is 7.89. The number of carboxylic acids is 1. The molecule has 1 N–H and O–H groups in total. The summed E-state index contributed by atoms with van der Waals surface area (Å²) >= 11 is 0. The highest BCUT2D eigenvalue weighted by Gasteiger charge is 2.25. The van der Waals surface area contributed by atoms with E-state index >= 15 is 0 Å². The van der Waals surface area contributed by atoms with E-state index in [1.165, 1.54) is 31.0 Å². The average Bonchev–Trinajstić information content (AvgIpc) is 2.81. The molecule has 0 aliphatic carbocycles. The first kappa shape index (κ1) is 16.7. The Bertz CT molecular complexity index is 564. The number of aromatic nitrogens is 1. The lowest BCUT2D eigenvalue weighted by Crippen LogP contribution is -2.29. The molecule has 1 aromatic rings. The number of aromatic carboxylic acids is 1. The van der Waals surface area contributed by atoms with Gasteiger partial charge in [-0.2, -0.15) is 4.31 Å². The molecule has 1 aromatic heterocycles. The molecule has 0 aliphatic heterocycles. The van der Waals surface area contributed by atoms with Crippen molar-refractivity contribution in [1.29, 1.82) is 0 Å². The zero-order chi connectivity index (χ0) is 15.3. The van der Waals surface area contributed by atoms with Crippen molar-refractivity contribution in [3.63, 3.8) is 0 Å². The van der Waals surface area contributed by atoms with Gasteiger partial charge in [0.05, 0.1) is 6.61 Å². The molecule has 0 radical (unpaired) electrons. The molecule has 0 unspecified atom stereocenters. The summed E-state index contributed by atoms with van der Waals surface area (Å²) in [5, 5.41) is 9.10. The first-order valence-electron chi connectivity index (χ1n) is 6.23. The lowest BCUT2D eigenvalue weighted by Gasteiger charge is -2.15. The molecule has 0 atom stereocenters. The second-order valence-electron chi connectivity index (χ2n) is 4.38. The van der Waals surface area contributed by atoms with E-state index in [-0.39, 0.29) is 23.7 Å². The Morgan fingerprint density at radius 2 is 2.15 bits per heavy atom. The maximum atomic E-state index is 12.3. The van der Waals surface area contributed by atoms with Crippen molar-refractivity contribution < 1.29 is 23.1 Å². The largest absolute Gasteiger partial charge is 0.477 e. The van der Waals surface area contributed by atoms with Crippen molar-refractivity contribution >= 4 is 16.0 Å². The summed E-state index contributed by atoms with van der Waals surface area (Å²) in [4.78, 5) is 11.1. The number of rotatable bonds is 8. The monoisotopic (exact) mass is 304 g/mol. The Morgan fingerprint density at radius 1 is 1.50 bits per heavy atom. The maximum Gasteiger partial charge on any atom is 0.352 e. The Morgan fingerprint density at radius 3 is 2.65 bits per heavy atom. The van der Waals surface area contributed by atoms with E-state index in [1.807, 2.05) is 6.92 Å². The molecule has 0 amide bonds. The van der Waals surface area contributed by atoms with Crippen LogP contribution in [-0.4, -0.2) is 55.7 Å². The van der Waals surface area contributed by atoms with Crippen LogP contribution in [0, 0.1) is 0 Å². The highest BCUT2D eigenvalue weighted by Crippen LogP contribution is 2.18. The van der Waals surface area contributed by atoms with E-state index in [9.17, 15) is 13.2 Å². The molecule has 0 aliphatic rings. The number of carboxylic acid groups (broad SMARTS) is 1. The molecular formula is C12H20N2O5S. The van der Waals surface area contributed by atoms with Gasteiger partial charge in [0.2, 0.25) is 10.0 Å². The van der Waals surface area contributed by atoms with Crippen molar-refractivity contribution in [3.8, 4) is 0 Å². The molecule has 20 heavy (non-hydrogen) atoms. The van der Waals surface area contributed by atoms with Crippen molar-refractivity contribution in [2.24, 2.45) is 0 Å². The molecule has 0 aromatic carbocycles. The minimum atomic E-state index is -3.70. The fourth-order valence-corrected chi connectivity index (χ4v) is 2.95. The van der Waals surface area contributed by atoms with Crippen LogP contribution in [0.25, 0.3) is 0 Å². The van der Waals surface area contributed by atoms with Crippen LogP contribution < -0.4 is 0 Å². The molecular weight excluding hydrogens is 284 g/mol. The van der Waals surface area contributed by atoms with Gasteiger partial charge >= 0.3 is 5.97 Å². The van der Waals surface area contributed by atoms with Crippen LogP contribution in [0.5, 0.6) is 0 Å². The van der Waals surface area contributed by atoms with E-state index in [0.29, 0.717) is 13.0 Å². The third kappa shape index (κ3) is 3.59. The van der Waals surface area contributed by atoms with Crippen molar-refractivity contribution in [1.82, 2.24) is 8.87 Å². The van der Waals surface area contributed by atoms with Crippen LogP contribution in [0.4, 0.5) is 0 Å². The molecule has 8 heteroatoms. The van der Waals surface area contributed by atoms with Crippen LogP contribution in [0.3, 0.4) is 0 Å². The van der Waals surface area contributed by atoms with Crippen LogP contribution in [-0.2, 0) is 21.3 Å². The number of likely N-dealkylation sites (N-methyl/N-ethyl adjacent to an activating group) is 1. The SMILES string of the molecule is CCCn1cc(S(=O)(=O)N(C)CCOC)cc1C(=O)O. The number of methoxy groups -OCH3 is 1. The average molecular weight is 304 g/mol. The lowest BCUT2D eigenvalue weighted by molar-refractivity contribution is 0.0685. The quantitative estimate of drug-likeness (QED) is 0.769. The Balaban J connectivity index is 3.12. The second kappa shape index (κ2) is 6.87. The van der Waals surface area contributed by atoms with Crippen LogP contribution in [0.15, 0.2) is 17.2 Å². The summed E-state index contributed by atoms with van der Waals surface area (Å²) in [6.07, 6.45) is 2.08. The maximum absolute atomic E-state index is 12.3. The number of carbonyl (C=O) groups is 1. The van der Waals surface area contributed by atoms with Gasteiger partial charge in [0.25, 0.3) is 0 Å². The molecule has 1 rings (SSSR count). The first-order chi connectivity index (χ1) is 9.34. The van der Waals surface area contributed by atoms with E-state index < -0.39 is 16.0 Å². The number of aryl methyl sites for hydroxylation is 1. The van der Waals surface area contributed by atoms with Crippen molar-refractivity contribution in [3.05, 3.63) is 18.0 Å². The summed E-state index contributed by atoms with van der Waals surface area (Å²) in [5.41, 5.74) is -0.0226. The van der Waals surface area contributed by atoms with Gasteiger partial charge < -0.3 is 14.4 Å². The number of ether oxygens (including phenoxy) is 1. The smallest absolute Gasteiger partial charge is 0.352 e. The zero-order valence-corrected chi connectivity index (χ0v) is 12.7. The van der Waals surface area contributed by atoms with Gasteiger partial charge in [-0.05, 0) is 12.5 Å². The summed E-state index contributed by atoms with van der Waals surface area (Å²) in [7, 11) is -0.772. The molecule has 114 valence electrons. The second-order valence-corrected chi connectivity index (χ2v) is 6.42. The topological polar surface area (TPSA) is 88.8 Å². The fourth-order valence-electron chi connectivity index (χ4n) is 1.75. The Kier molecular flexibility index (Phi) is 5.73. The first-order valence-corrected chi connectivity index (χ1v) is 7.67. The van der Waals surface area contributed by atoms with Gasteiger partial charge in [-0.25, -0.2) is 13.2 Å². The number of nitrogens with zero attached hydrogens (tertiary/aromatic N) is 2. The normalized spacial score (nSPS) is 12.0. The molecule has 0 fully saturated rings. The van der Waals surface area contributed by atoms with Gasteiger partial charge in [0.15, 0.2) is 0 Å². The van der Waals surface area contributed by atoms with Gasteiger partial charge in [0.1, 0.15) is 10.6 Å². The highest BCUT2D eigenvalue weighted by atomic mass is 32.2. The Hall–Kier alpha value is -1.38. The van der Waals surface area contributed by atoms with Gasteiger partial charge in [-0.15, -0.1) is 0 Å². The summed E-state index contributed by atoms with van der Waals surface area (Å²) in [6, 6.07) is 1.19. The number of hydrogen-bond donors (Lipinski definition) is 1. The van der Waals surface area contributed by atoms with Crippen molar-refractivity contribution in [2.75, 3.05) is 27.3 Å². The van der Waals surface area contributed by atoms with Crippen molar-refractivity contribution in [2.45, 2.75) is 24.8 Å². The minimum absolute atomic E-state index is 0.0121. The molecule has 1 heterocycles. The predicted molar refractivity (Wildman–Crippen MR) is 73.4 cm³/mol. The van der Waals surface area contributed by atoms with Gasteiger partial charge in [-0.1, -0.05) is 6.92 Å². The standard InChI is InChI=1S/C12H20N2O5S/c1-4-5-14-9-10(8-11(14)12(15)16)20(17,18)13(2)6-7-19-3/h8-9H,4-7H2,1-3H3,(H,15,16). The third-order valence-electron chi connectivity index (χ3n) is 2.87. The van der Waals surface area contributed by atoms with E-state index in [2.05, 4.69) is 0 Å². The Labute approximate surface area is 118 Å². The number of sulfonamides is 1. The van der Waals surface area contributed by atoms with E-state index in [4.69, 9.17) is 9.84 Å². The molecule has 0 saturated carbocycles. The number of hydrogen-bond acceptors (Lipinski definition) is 4. The summed E-state index contributed by atoms with van der Waals surface area (Å²) in [5.74, 6) is -1.14. The van der Waals surface area contributed by atoms with E-state index in [0.717, 1.165) is 4.31 Å².